The van der Waals surface area contributed by atoms with E-state index in [1.54, 1.807) is 27.7 Å². The molecule has 0 aromatic heterocycles. The zero-order chi connectivity index (χ0) is 22.9. The minimum atomic E-state index is -1.21. The predicted octanol–water partition coefficient (Wildman–Crippen LogP) is -0.951. The van der Waals surface area contributed by atoms with Gasteiger partial charge >= 0.3 is 11.9 Å². The minimum Gasteiger partial charge on any atom is -0.481 e. The summed E-state index contributed by atoms with van der Waals surface area (Å²) in [5.41, 5.74) is 5.47. The second kappa shape index (κ2) is 12.0. The number of nitrogens with one attached hydrogen (secondary N) is 3. The van der Waals surface area contributed by atoms with Crippen molar-refractivity contribution in [3.05, 3.63) is 0 Å². The van der Waals surface area contributed by atoms with E-state index in [2.05, 4.69) is 16.0 Å². The van der Waals surface area contributed by atoms with Gasteiger partial charge in [-0.1, -0.05) is 27.7 Å². The third-order valence-corrected chi connectivity index (χ3v) is 4.17. The quantitative estimate of drug-likeness (QED) is 0.235. The first-order valence-corrected chi connectivity index (χ1v) is 9.39. The molecule has 0 aromatic carbocycles. The van der Waals surface area contributed by atoms with Gasteiger partial charge in [-0.3, -0.25) is 19.2 Å². The largest absolute Gasteiger partial charge is 0.481 e. The standard InChI is InChI=1S/C18H32N4O7/c1-8(2)13(17(27)22-14(9(3)4)18(28)29)21-16(26)11(6-7-12(23)24)20-15(25)10(5)19/h8-11,13-14H,6-7,19H2,1-5H3,(H,20,25)(H,21,26)(H,22,27)(H,23,24)(H,28,29)/t10-,11-,13-,14-/m0/s1. The summed E-state index contributed by atoms with van der Waals surface area (Å²) in [4.78, 5) is 59.2. The van der Waals surface area contributed by atoms with Crippen LogP contribution in [0.15, 0.2) is 0 Å². The number of amides is 3. The van der Waals surface area contributed by atoms with Gasteiger partial charge in [-0.25, -0.2) is 4.79 Å². The lowest BCUT2D eigenvalue weighted by Crippen LogP contribution is -2.58. The summed E-state index contributed by atoms with van der Waals surface area (Å²) in [6, 6.07) is -4.34. The maximum Gasteiger partial charge on any atom is 0.326 e. The number of hydrogen-bond acceptors (Lipinski definition) is 6. The summed E-state index contributed by atoms with van der Waals surface area (Å²) in [5.74, 6) is -5.23. The molecule has 11 heteroatoms. The summed E-state index contributed by atoms with van der Waals surface area (Å²) in [6.07, 6.45) is -0.583. The van der Waals surface area contributed by atoms with Gasteiger partial charge in [-0.2, -0.15) is 0 Å². The second-order valence-corrected chi connectivity index (χ2v) is 7.58. The Morgan fingerprint density at radius 2 is 1.24 bits per heavy atom. The molecule has 11 nitrogen and oxygen atoms in total. The van der Waals surface area contributed by atoms with Crippen molar-refractivity contribution >= 4 is 29.7 Å². The third kappa shape index (κ3) is 9.37. The van der Waals surface area contributed by atoms with E-state index in [9.17, 15) is 29.1 Å². The van der Waals surface area contributed by atoms with Gasteiger partial charge in [-0.05, 0) is 25.2 Å². The Morgan fingerprint density at radius 1 is 0.759 bits per heavy atom. The molecular formula is C18H32N4O7. The van der Waals surface area contributed by atoms with Crippen LogP contribution in [0.1, 0.15) is 47.5 Å². The fraction of sp³-hybridized carbons (Fsp3) is 0.722. The molecule has 166 valence electrons. The highest BCUT2D eigenvalue weighted by atomic mass is 16.4. The van der Waals surface area contributed by atoms with Crippen LogP contribution in [0.4, 0.5) is 0 Å². The average Bonchev–Trinajstić information content (AvgIpc) is 2.59. The van der Waals surface area contributed by atoms with E-state index in [1.807, 2.05) is 0 Å². The molecule has 0 heterocycles. The number of hydrogen-bond donors (Lipinski definition) is 6. The molecule has 0 radical (unpaired) electrons. The van der Waals surface area contributed by atoms with E-state index >= 15 is 0 Å². The van der Waals surface area contributed by atoms with Gasteiger partial charge in [-0.15, -0.1) is 0 Å². The van der Waals surface area contributed by atoms with E-state index in [4.69, 9.17) is 10.8 Å². The van der Waals surface area contributed by atoms with Gasteiger partial charge in [0.15, 0.2) is 0 Å². The molecule has 0 aliphatic carbocycles. The maximum absolute atomic E-state index is 12.6. The van der Waals surface area contributed by atoms with Crippen LogP contribution < -0.4 is 21.7 Å². The Hall–Kier alpha value is -2.69. The van der Waals surface area contributed by atoms with Gasteiger partial charge in [0, 0.05) is 6.42 Å². The van der Waals surface area contributed by atoms with E-state index in [0.717, 1.165) is 0 Å². The Kier molecular flexibility index (Phi) is 10.9. The van der Waals surface area contributed by atoms with E-state index in [-0.39, 0.29) is 18.8 Å². The smallest absolute Gasteiger partial charge is 0.326 e. The Morgan fingerprint density at radius 3 is 1.62 bits per heavy atom. The van der Waals surface area contributed by atoms with Crippen LogP contribution in [-0.4, -0.2) is 64.0 Å². The topological polar surface area (TPSA) is 188 Å². The zero-order valence-electron chi connectivity index (χ0n) is 17.4. The first-order valence-electron chi connectivity index (χ1n) is 9.39. The van der Waals surface area contributed by atoms with Crippen LogP contribution in [-0.2, 0) is 24.0 Å². The van der Waals surface area contributed by atoms with Gasteiger partial charge in [0.2, 0.25) is 17.7 Å². The molecular weight excluding hydrogens is 384 g/mol. The van der Waals surface area contributed by atoms with Crippen LogP contribution in [0.2, 0.25) is 0 Å². The number of carboxylic acid groups (broad SMARTS) is 2. The van der Waals surface area contributed by atoms with Gasteiger partial charge in [0.05, 0.1) is 6.04 Å². The minimum absolute atomic E-state index is 0.199. The van der Waals surface area contributed by atoms with Crippen LogP contribution in [0.3, 0.4) is 0 Å². The van der Waals surface area contributed by atoms with E-state index in [1.165, 1.54) is 6.92 Å². The molecule has 0 aliphatic heterocycles. The van der Waals surface area contributed by atoms with Crippen molar-refractivity contribution in [1.29, 1.82) is 0 Å². The summed E-state index contributed by atoms with van der Waals surface area (Å²) in [5, 5.41) is 25.3. The number of aliphatic carboxylic acids is 2. The molecule has 0 saturated carbocycles. The molecule has 0 saturated heterocycles. The Labute approximate surface area is 169 Å². The molecule has 0 spiro atoms. The number of carbonyl (C=O) groups is 5. The van der Waals surface area contributed by atoms with Crippen molar-refractivity contribution in [2.24, 2.45) is 17.6 Å². The van der Waals surface area contributed by atoms with Crippen molar-refractivity contribution in [1.82, 2.24) is 16.0 Å². The van der Waals surface area contributed by atoms with E-state index < -0.39 is 59.7 Å². The van der Waals surface area contributed by atoms with Crippen molar-refractivity contribution in [3.63, 3.8) is 0 Å². The summed E-state index contributed by atoms with van der Waals surface area (Å²) < 4.78 is 0. The number of rotatable bonds is 12. The van der Waals surface area contributed by atoms with Gasteiger partial charge < -0.3 is 31.9 Å². The maximum atomic E-state index is 12.6. The molecule has 29 heavy (non-hydrogen) atoms. The lowest BCUT2D eigenvalue weighted by atomic mass is 9.99. The normalized spacial score (nSPS) is 15.2. The van der Waals surface area contributed by atoms with Crippen molar-refractivity contribution in [2.45, 2.75) is 71.6 Å². The first-order chi connectivity index (χ1) is 13.3. The molecule has 4 atom stereocenters. The molecule has 0 bridgehead atoms. The average molecular weight is 416 g/mol. The molecule has 3 amide bonds. The molecule has 0 rings (SSSR count). The molecule has 0 fully saturated rings. The van der Waals surface area contributed by atoms with Crippen LogP contribution in [0.25, 0.3) is 0 Å². The monoisotopic (exact) mass is 416 g/mol. The van der Waals surface area contributed by atoms with Gasteiger partial charge in [0.1, 0.15) is 18.1 Å². The fourth-order valence-corrected chi connectivity index (χ4v) is 2.39. The molecule has 0 aliphatic rings. The van der Waals surface area contributed by atoms with Crippen LogP contribution in [0.5, 0.6) is 0 Å². The molecule has 0 unspecified atom stereocenters. The molecule has 0 aromatic rings. The summed E-state index contributed by atoms with van der Waals surface area (Å²) in [6.45, 7) is 7.98. The predicted molar refractivity (Wildman–Crippen MR) is 104 cm³/mol. The van der Waals surface area contributed by atoms with Crippen molar-refractivity contribution < 1.29 is 34.2 Å². The van der Waals surface area contributed by atoms with Crippen LogP contribution >= 0.6 is 0 Å². The summed E-state index contributed by atoms with van der Waals surface area (Å²) >= 11 is 0. The fourth-order valence-electron chi connectivity index (χ4n) is 2.39. The van der Waals surface area contributed by atoms with Gasteiger partial charge in [0.25, 0.3) is 0 Å². The van der Waals surface area contributed by atoms with Crippen molar-refractivity contribution in [2.75, 3.05) is 0 Å². The van der Waals surface area contributed by atoms with E-state index in [0.29, 0.717) is 0 Å². The zero-order valence-corrected chi connectivity index (χ0v) is 17.4. The highest BCUT2D eigenvalue weighted by molar-refractivity contribution is 5.94. The first kappa shape index (κ1) is 26.3. The molecule has 7 N–H and O–H groups in total. The SMILES string of the molecule is CC(C)[C@H](NC(=O)[C@@H](NC(=O)[C@H](CCC(=O)O)NC(=O)[C@H](C)N)C(C)C)C(=O)O. The lowest BCUT2D eigenvalue weighted by Gasteiger charge is -2.27. The third-order valence-electron chi connectivity index (χ3n) is 4.17. The number of nitrogens with two attached hydrogens (primary N) is 1. The Bertz CT molecular complexity index is 619. The second-order valence-electron chi connectivity index (χ2n) is 7.58. The number of carbonyl (C=O) groups excluding carboxylic acids is 3. The lowest BCUT2D eigenvalue weighted by molar-refractivity contribution is -0.143. The highest BCUT2D eigenvalue weighted by Crippen LogP contribution is 2.08. The Balaban J connectivity index is 5.38. The highest BCUT2D eigenvalue weighted by Gasteiger charge is 2.32. The summed E-state index contributed by atoms with van der Waals surface area (Å²) in [7, 11) is 0. The van der Waals surface area contributed by atoms with Crippen molar-refractivity contribution in [3.8, 4) is 0 Å². The van der Waals surface area contributed by atoms with Crippen LogP contribution in [0, 0.1) is 11.8 Å². The number of carboxylic acids is 2.